The Balaban J connectivity index is 1.56. The minimum absolute atomic E-state index is 0.562. The molecule has 0 N–H and O–H groups in total. The Morgan fingerprint density at radius 2 is 1.79 bits per heavy atom. The van der Waals surface area contributed by atoms with Gasteiger partial charge in [0.2, 0.25) is 0 Å². The van der Waals surface area contributed by atoms with E-state index in [1.165, 1.54) is 38.0 Å². The number of hydrogen-bond acceptors (Lipinski definition) is 3. The van der Waals surface area contributed by atoms with E-state index < -0.39 is 0 Å². The van der Waals surface area contributed by atoms with Gasteiger partial charge in [-0.25, -0.2) is 0 Å². The summed E-state index contributed by atoms with van der Waals surface area (Å²) in [6.07, 6.45) is 7.94. The Hall–Kier alpha value is -1.09. The fourth-order valence-electron chi connectivity index (χ4n) is 3.61. The smallest absolute Gasteiger partial charge is 0.0397 e. The van der Waals surface area contributed by atoms with Crippen LogP contribution in [0.3, 0.4) is 0 Å². The number of pyridine rings is 1. The van der Waals surface area contributed by atoms with Gasteiger partial charge < -0.3 is 4.90 Å². The molecule has 104 valence electrons. The largest absolute Gasteiger partial charge is 0.369 e. The molecule has 1 aliphatic heterocycles. The molecule has 3 heteroatoms. The summed E-state index contributed by atoms with van der Waals surface area (Å²) in [5.41, 5.74) is 1.88. The summed E-state index contributed by atoms with van der Waals surface area (Å²) in [6, 6.07) is 5.07. The molecule has 1 aliphatic carbocycles. The Morgan fingerprint density at radius 3 is 2.37 bits per heavy atom. The average molecular weight is 259 g/mol. The van der Waals surface area contributed by atoms with Crippen molar-refractivity contribution in [1.82, 2.24) is 9.88 Å². The van der Waals surface area contributed by atoms with Gasteiger partial charge >= 0.3 is 0 Å². The quantitative estimate of drug-likeness (QED) is 0.814. The summed E-state index contributed by atoms with van der Waals surface area (Å²) in [5.74, 6) is 0. The molecule has 0 amide bonds. The van der Waals surface area contributed by atoms with E-state index in [4.69, 9.17) is 0 Å². The molecule has 1 unspecified atom stereocenters. The molecule has 1 saturated carbocycles. The van der Waals surface area contributed by atoms with E-state index in [1.807, 2.05) is 12.4 Å². The van der Waals surface area contributed by atoms with Crippen molar-refractivity contribution in [3.05, 3.63) is 24.5 Å². The van der Waals surface area contributed by atoms with E-state index in [0.717, 1.165) is 19.1 Å². The molecule has 1 aromatic heterocycles. The van der Waals surface area contributed by atoms with Crippen molar-refractivity contribution < 1.29 is 0 Å². The maximum atomic E-state index is 4.10. The minimum atomic E-state index is 0.562. The van der Waals surface area contributed by atoms with Crippen LogP contribution in [0, 0.1) is 5.41 Å². The lowest BCUT2D eigenvalue weighted by molar-refractivity contribution is 0.176. The highest BCUT2D eigenvalue weighted by Gasteiger charge is 2.35. The molecule has 0 radical (unpaired) electrons. The van der Waals surface area contributed by atoms with E-state index in [1.54, 1.807) is 0 Å². The first-order chi connectivity index (χ1) is 9.14. The third-order valence-electron chi connectivity index (χ3n) is 4.80. The van der Waals surface area contributed by atoms with Crippen LogP contribution >= 0.6 is 0 Å². The first-order valence-electron chi connectivity index (χ1n) is 7.53. The van der Waals surface area contributed by atoms with Crippen LogP contribution in [-0.2, 0) is 0 Å². The van der Waals surface area contributed by atoms with Crippen LogP contribution in [0.1, 0.15) is 33.1 Å². The van der Waals surface area contributed by atoms with Gasteiger partial charge in [-0.1, -0.05) is 13.8 Å². The Labute approximate surface area is 116 Å². The summed E-state index contributed by atoms with van der Waals surface area (Å²) >= 11 is 0. The zero-order valence-corrected chi connectivity index (χ0v) is 12.2. The number of anilines is 1. The van der Waals surface area contributed by atoms with E-state index >= 15 is 0 Å². The van der Waals surface area contributed by atoms with Crippen LogP contribution in [0.4, 0.5) is 5.69 Å². The molecule has 0 aromatic carbocycles. The Bertz CT molecular complexity index is 407. The minimum Gasteiger partial charge on any atom is -0.369 e. The van der Waals surface area contributed by atoms with Gasteiger partial charge in [0.25, 0.3) is 0 Å². The Kier molecular flexibility index (Phi) is 3.48. The average Bonchev–Trinajstić information content (AvgIpc) is 2.80. The van der Waals surface area contributed by atoms with Gasteiger partial charge in [0.15, 0.2) is 0 Å². The molecule has 2 aliphatic rings. The maximum absolute atomic E-state index is 4.10. The molecule has 1 aromatic rings. The summed E-state index contributed by atoms with van der Waals surface area (Å²) < 4.78 is 0. The van der Waals surface area contributed by atoms with Crippen molar-refractivity contribution in [2.45, 2.75) is 39.2 Å². The van der Waals surface area contributed by atoms with Gasteiger partial charge in [-0.2, -0.15) is 0 Å². The number of nitrogens with zero attached hydrogens (tertiary/aromatic N) is 3. The van der Waals surface area contributed by atoms with Crippen molar-refractivity contribution >= 4 is 5.69 Å². The number of aromatic nitrogens is 1. The SMILES string of the molecule is CC1(C)CCC(N2CCN(c3ccncc3)CC2)C1. The van der Waals surface area contributed by atoms with Crippen molar-refractivity contribution in [3.63, 3.8) is 0 Å². The van der Waals surface area contributed by atoms with Gasteiger partial charge in [0.1, 0.15) is 0 Å². The monoisotopic (exact) mass is 259 g/mol. The predicted molar refractivity (Wildman–Crippen MR) is 79.4 cm³/mol. The lowest BCUT2D eigenvalue weighted by Crippen LogP contribution is -2.50. The molecule has 1 atom stereocenters. The predicted octanol–water partition coefficient (Wildman–Crippen LogP) is 2.78. The molecule has 0 spiro atoms. The summed E-state index contributed by atoms with van der Waals surface area (Å²) in [4.78, 5) is 9.30. The number of piperazine rings is 1. The van der Waals surface area contributed by atoms with Crippen molar-refractivity contribution in [3.8, 4) is 0 Å². The molecule has 3 nitrogen and oxygen atoms in total. The van der Waals surface area contributed by atoms with Crippen molar-refractivity contribution in [1.29, 1.82) is 0 Å². The normalized spacial score (nSPS) is 27.7. The lowest BCUT2D eigenvalue weighted by Gasteiger charge is -2.39. The molecule has 19 heavy (non-hydrogen) atoms. The first kappa shape index (κ1) is 12.9. The zero-order valence-electron chi connectivity index (χ0n) is 12.2. The molecule has 1 saturated heterocycles. The molecule has 3 rings (SSSR count). The third-order valence-corrected chi connectivity index (χ3v) is 4.80. The fourth-order valence-corrected chi connectivity index (χ4v) is 3.61. The highest BCUT2D eigenvalue weighted by atomic mass is 15.3. The second kappa shape index (κ2) is 5.12. The van der Waals surface area contributed by atoms with E-state index in [-0.39, 0.29) is 0 Å². The summed E-state index contributed by atoms with van der Waals surface area (Å²) in [7, 11) is 0. The lowest BCUT2D eigenvalue weighted by atomic mass is 9.91. The summed E-state index contributed by atoms with van der Waals surface area (Å²) in [6.45, 7) is 9.56. The van der Waals surface area contributed by atoms with Crippen LogP contribution in [0.5, 0.6) is 0 Å². The Morgan fingerprint density at radius 1 is 1.11 bits per heavy atom. The van der Waals surface area contributed by atoms with Crippen molar-refractivity contribution in [2.24, 2.45) is 5.41 Å². The third kappa shape index (κ3) is 2.92. The van der Waals surface area contributed by atoms with Crippen LogP contribution < -0.4 is 4.90 Å². The van der Waals surface area contributed by atoms with E-state index in [2.05, 4.69) is 40.8 Å². The second-order valence-corrected chi connectivity index (χ2v) is 6.79. The van der Waals surface area contributed by atoms with Gasteiger partial charge in [-0.3, -0.25) is 9.88 Å². The van der Waals surface area contributed by atoms with Gasteiger partial charge in [0, 0.05) is 50.3 Å². The molecular weight excluding hydrogens is 234 g/mol. The van der Waals surface area contributed by atoms with E-state index in [9.17, 15) is 0 Å². The van der Waals surface area contributed by atoms with Gasteiger partial charge in [-0.05, 0) is 36.8 Å². The summed E-state index contributed by atoms with van der Waals surface area (Å²) in [5, 5.41) is 0. The highest BCUT2D eigenvalue weighted by molar-refractivity contribution is 5.44. The van der Waals surface area contributed by atoms with Crippen molar-refractivity contribution in [2.75, 3.05) is 31.1 Å². The van der Waals surface area contributed by atoms with Crippen LogP contribution in [0.2, 0.25) is 0 Å². The van der Waals surface area contributed by atoms with Crippen LogP contribution in [0.25, 0.3) is 0 Å². The van der Waals surface area contributed by atoms with E-state index in [0.29, 0.717) is 5.41 Å². The standard InChI is InChI=1S/C16H25N3/c1-16(2)6-3-15(13-16)19-11-9-18(10-12-19)14-4-7-17-8-5-14/h4-5,7-8,15H,3,6,9-13H2,1-2H3. The first-order valence-corrected chi connectivity index (χ1v) is 7.53. The maximum Gasteiger partial charge on any atom is 0.0397 e. The van der Waals surface area contributed by atoms with Gasteiger partial charge in [-0.15, -0.1) is 0 Å². The molecule has 0 bridgehead atoms. The number of hydrogen-bond donors (Lipinski definition) is 0. The number of rotatable bonds is 2. The fraction of sp³-hybridized carbons (Fsp3) is 0.688. The van der Waals surface area contributed by atoms with Crippen LogP contribution in [-0.4, -0.2) is 42.1 Å². The zero-order chi connectivity index (χ0) is 13.3. The highest BCUT2D eigenvalue weighted by Crippen LogP contribution is 2.39. The molecule has 2 fully saturated rings. The molecular formula is C16H25N3. The second-order valence-electron chi connectivity index (χ2n) is 6.79. The molecule has 2 heterocycles. The topological polar surface area (TPSA) is 19.4 Å². The van der Waals surface area contributed by atoms with Gasteiger partial charge in [0.05, 0.1) is 0 Å². The van der Waals surface area contributed by atoms with Crippen LogP contribution in [0.15, 0.2) is 24.5 Å².